The summed E-state index contributed by atoms with van der Waals surface area (Å²) in [7, 11) is 0. The second-order valence-electron chi connectivity index (χ2n) is 8.03. The normalized spacial score (nSPS) is 30.0. The van der Waals surface area contributed by atoms with Crippen LogP contribution >= 0.6 is 0 Å². The van der Waals surface area contributed by atoms with Gasteiger partial charge in [-0.3, -0.25) is 0 Å². The van der Waals surface area contributed by atoms with Gasteiger partial charge in [0.05, 0.1) is 5.56 Å². The Morgan fingerprint density at radius 2 is 1.41 bits per heavy atom. The molecular weight excluding hydrogens is 354 g/mol. The van der Waals surface area contributed by atoms with Gasteiger partial charge in [-0.1, -0.05) is 12.1 Å². The minimum atomic E-state index is -4.28. The number of hydrogen-bond acceptors (Lipinski definition) is 1. The number of halogens is 4. The smallest absolute Gasteiger partial charge is 0.195 e. The third kappa shape index (κ3) is 5.12. The minimum Gasteiger partial charge on any atom is -0.195 e. The summed E-state index contributed by atoms with van der Waals surface area (Å²) in [5.41, 5.74) is 0.431. The highest BCUT2D eigenvalue weighted by molar-refractivity contribution is 5.27. The van der Waals surface area contributed by atoms with E-state index in [0.29, 0.717) is 17.8 Å². The largest absolute Gasteiger partial charge is 0.416 e. The summed E-state index contributed by atoms with van der Waals surface area (Å²) < 4.78 is 51.2. The molecule has 0 unspecified atom stereocenters. The molecule has 2 saturated carbocycles. The van der Waals surface area contributed by atoms with Crippen LogP contribution < -0.4 is 0 Å². The summed E-state index contributed by atoms with van der Waals surface area (Å²) >= 11 is 0. The van der Waals surface area contributed by atoms with Crippen LogP contribution in [0.5, 0.6) is 0 Å². The maximum atomic E-state index is 13.1. The van der Waals surface area contributed by atoms with E-state index in [2.05, 4.69) is 0 Å². The van der Waals surface area contributed by atoms with E-state index in [1.54, 1.807) is 18.2 Å². The van der Waals surface area contributed by atoms with Crippen LogP contribution in [0.2, 0.25) is 0 Å². The van der Waals surface area contributed by atoms with Gasteiger partial charge in [0.15, 0.2) is 5.83 Å². The van der Waals surface area contributed by atoms with Crippen LogP contribution in [0.25, 0.3) is 0 Å². The van der Waals surface area contributed by atoms with Crippen molar-refractivity contribution >= 4 is 0 Å². The van der Waals surface area contributed by atoms with Crippen LogP contribution in [0, 0.1) is 29.1 Å². The van der Waals surface area contributed by atoms with E-state index in [4.69, 9.17) is 5.26 Å². The van der Waals surface area contributed by atoms with Gasteiger partial charge in [0, 0.05) is 0 Å². The van der Waals surface area contributed by atoms with Crippen LogP contribution in [-0.2, 0) is 6.18 Å². The van der Waals surface area contributed by atoms with Crippen molar-refractivity contribution in [2.75, 3.05) is 0 Å². The van der Waals surface area contributed by atoms with E-state index in [1.165, 1.54) is 18.2 Å². The molecule has 1 aromatic rings. The zero-order valence-electron chi connectivity index (χ0n) is 15.3. The number of allylic oxidation sites excluding steroid dienone is 2. The van der Waals surface area contributed by atoms with Gasteiger partial charge in [0.2, 0.25) is 0 Å². The molecule has 0 saturated heterocycles. The highest BCUT2D eigenvalue weighted by atomic mass is 19.4. The second-order valence-corrected chi connectivity index (χ2v) is 8.03. The lowest BCUT2D eigenvalue weighted by molar-refractivity contribution is -0.137. The number of alkyl halides is 3. The first-order valence-electron chi connectivity index (χ1n) is 9.81. The van der Waals surface area contributed by atoms with E-state index in [1.807, 2.05) is 0 Å². The fourth-order valence-corrected chi connectivity index (χ4v) is 4.90. The molecule has 0 aromatic heterocycles. The van der Waals surface area contributed by atoms with Crippen molar-refractivity contribution in [3.8, 4) is 6.07 Å². The van der Waals surface area contributed by atoms with E-state index < -0.39 is 17.6 Å². The number of benzene rings is 1. The third-order valence-electron chi connectivity index (χ3n) is 6.45. The summed E-state index contributed by atoms with van der Waals surface area (Å²) in [6.45, 7) is 0. The molecule has 2 aliphatic carbocycles. The van der Waals surface area contributed by atoms with Crippen molar-refractivity contribution in [3.05, 3.63) is 47.3 Å². The molecular formula is C22H25F4N. The Morgan fingerprint density at radius 1 is 0.889 bits per heavy atom. The fraction of sp³-hybridized carbons (Fsp3) is 0.591. The molecule has 0 amide bonds. The predicted octanol–water partition coefficient (Wildman–Crippen LogP) is 7.16. The maximum absolute atomic E-state index is 13.1. The zero-order valence-corrected chi connectivity index (χ0v) is 15.3. The van der Waals surface area contributed by atoms with Gasteiger partial charge >= 0.3 is 6.18 Å². The molecule has 0 atom stereocenters. The monoisotopic (exact) mass is 379 g/mol. The molecule has 146 valence electrons. The Bertz CT molecular complexity index is 683. The predicted molar refractivity (Wildman–Crippen MR) is 96.4 cm³/mol. The molecule has 0 bridgehead atoms. The van der Waals surface area contributed by atoms with Gasteiger partial charge in [0.1, 0.15) is 6.07 Å². The molecule has 1 aromatic carbocycles. The Kier molecular flexibility index (Phi) is 6.24. The lowest BCUT2D eigenvalue weighted by atomic mass is 9.68. The number of rotatable bonds is 3. The Balaban J connectivity index is 1.49. The van der Waals surface area contributed by atoms with E-state index in [0.717, 1.165) is 56.9 Å². The first-order chi connectivity index (χ1) is 12.9. The van der Waals surface area contributed by atoms with Crippen molar-refractivity contribution in [2.45, 2.75) is 63.5 Å². The van der Waals surface area contributed by atoms with Crippen molar-refractivity contribution in [3.63, 3.8) is 0 Å². The average Bonchev–Trinajstić information content (AvgIpc) is 2.68. The SMILES string of the molecule is N#CC(F)=CC1CCC(C2CCC(c3ccc(C(F)(F)F)cc3)CC2)CC1. The Labute approximate surface area is 158 Å². The molecule has 3 rings (SSSR count). The molecule has 27 heavy (non-hydrogen) atoms. The average molecular weight is 379 g/mol. The maximum Gasteiger partial charge on any atom is 0.416 e. The van der Waals surface area contributed by atoms with Crippen molar-refractivity contribution in [1.82, 2.24) is 0 Å². The van der Waals surface area contributed by atoms with Gasteiger partial charge in [-0.2, -0.15) is 22.8 Å². The summed E-state index contributed by atoms with van der Waals surface area (Å²) in [4.78, 5) is 0. The van der Waals surface area contributed by atoms with Gasteiger partial charge in [-0.05, 0) is 98.8 Å². The lowest BCUT2D eigenvalue weighted by Gasteiger charge is -2.37. The molecule has 2 aliphatic rings. The summed E-state index contributed by atoms with van der Waals surface area (Å²) in [6.07, 6.45) is 5.52. The van der Waals surface area contributed by atoms with E-state index in [-0.39, 0.29) is 5.92 Å². The van der Waals surface area contributed by atoms with Gasteiger partial charge in [-0.25, -0.2) is 0 Å². The molecule has 2 fully saturated rings. The van der Waals surface area contributed by atoms with Crippen LogP contribution in [0.3, 0.4) is 0 Å². The molecule has 0 radical (unpaired) electrons. The summed E-state index contributed by atoms with van der Waals surface area (Å²) in [5.74, 6) is 1.20. The number of nitriles is 1. The van der Waals surface area contributed by atoms with Crippen molar-refractivity contribution < 1.29 is 17.6 Å². The molecule has 5 heteroatoms. The summed E-state index contributed by atoms with van der Waals surface area (Å²) in [6, 6.07) is 7.20. The minimum absolute atomic E-state index is 0.185. The van der Waals surface area contributed by atoms with Gasteiger partial charge in [-0.15, -0.1) is 0 Å². The standard InChI is InChI=1S/C22H25F4N/c23-21(14-27)13-15-1-3-16(4-2-15)17-5-7-18(8-6-17)19-9-11-20(12-10-19)22(24,25)26/h9-13,15-18H,1-8H2. The van der Waals surface area contributed by atoms with E-state index in [9.17, 15) is 17.6 Å². The third-order valence-corrected chi connectivity index (χ3v) is 6.45. The summed E-state index contributed by atoms with van der Waals surface area (Å²) in [5, 5.41) is 8.55. The van der Waals surface area contributed by atoms with E-state index >= 15 is 0 Å². The quantitative estimate of drug-likeness (QED) is 0.404. The highest BCUT2D eigenvalue weighted by Crippen LogP contribution is 2.44. The second kappa shape index (κ2) is 8.46. The molecule has 0 heterocycles. The van der Waals surface area contributed by atoms with Crippen LogP contribution in [0.4, 0.5) is 17.6 Å². The molecule has 1 nitrogen and oxygen atoms in total. The highest BCUT2D eigenvalue weighted by Gasteiger charge is 2.32. The number of nitrogens with zero attached hydrogens (tertiary/aromatic N) is 1. The fourth-order valence-electron chi connectivity index (χ4n) is 4.90. The number of hydrogen-bond donors (Lipinski definition) is 0. The van der Waals surface area contributed by atoms with Crippen LogP contribution in [-0.4, -0.2) is 0 Å². The lowest BCUT2D eigenvalue weighted by Crippen LogP contribution is -2.25. The topological polar surface area (TPSA) is 23.8 Å². The van der Waals surface area contributed by atoms with Gasteiger partial charge < -0.3 is 0 Å². The Hall–Kier alpha value is -1.83. The first kappa shape index (κ1) is 19.9. The van der Waals surface area contributed by atoms with Crippen LogP contribution in [0.15, 0.2) is 36.2 Å². The van der Waals surface area contributed by atoms with Crippen molar-refractivity contribution in [2.24, 2.45) is 17.8 Å². The molecule has 0 N–H and O–H groups in total. The van der Waals surface area contributed by atoms with Gasteiger partial charge in [0.25, 0.3) is 0 Å². The first-order valence-corrected chi connectivity index (χ1v) is 9.81. The Morgan fingerprint density at radius 3 is 1.89 bits per heavy atom. The molecule has 0 aliphatic heterocycles. The van der Waals surface area contributed by atoms with Crippen LogP contribution in [0.1, 0.15) is 68.4 Å². The van der Waals surface area contributed by atoms with Crippen molar-refractivity contribution in [1.29, 1.82) is 5.26 Å². The zero-order chi connectivity index (χ0) is 19.4. The molecule has 0 spiro atoms.